The molecule has 0 spiro atoms. The van der Waals surface area contributed by atoms with Crippen LogP contribution in [-0.2, 0) is 20.0 Å². The summed E-state index contributed by atoms with van der Waals surface area (Å²) in [6.07, 6.45) is 1.87. The number of sulfonamides is 2. The van der Waals surface area contributed by atoms with E-state index < -0.39 is 20.0 Å². The maximum atomic E-state index is 12.8. The lowest BCUT2D eigenvalue weighted by Crippen LogP contribution is -2.39. The highest BCUT2D eigenvalue weighted by atomic mass is 32.2. The van der Waals surface area contributed by atoms with E-state index in [2.05, 4.69) is 9.88 Å². The molecule has 0 unspecified atom stereocenters. The summed E-state index contributed by atoms with van der Waals surface area (Å²) in [4.78, 5) is 0.137. The van der Waals surface area contributed by atoms with Crippen LogP contribution < -0.4 is 4.72 Å². The predicted molar refractivity (Wildman–Crippen MR) is 100 cm³/mol. The van der Waals surface area contributed by atoms with E-state index >= 15 is 0 Å². The molecule has 1 aromatic carbocycles. The summed E-state index contributed by atoms with van der Waals surface area (Å²) in [5.41, 5.74) is 0.527. The van der Waals surface area contributed by atoms with Gasteiger partial charge >= 0.3 is 0 Å². The molecule has 1 aromatic heterocycles. The second kappa shape index (κ2) is 7.25. The fraction of sp³-hybridized carbons (Fsp3) is 0.471. The number of hydrogen-bond acceptors (Lipinski definition) is 6. The first-order valence-electron chi connectivity index (χ1n) is 8.67. The molecule has 0 saturated carbocycles. The van der Waals surface area contributed by atoms with Crippen LogP contribution in [0, 0.1) is 19.8 Å². The molecule has 27 heavy (non-hydrogen) atoms. The van der Waals surface area contributed by atoms with Crippen molar-refractivity contribution < 1.29 is 21.4 Å². The van der Waals surface area contributed by atoms with E-state index in [-0.39, 0.29) is 26.9 Å². The number of nitrogens with zero attached hydrogens (tertiary/aromatic N) is 2. The van der Waals surface area contributed by atoms with Gasteiger partial charge in [0.05, 0.1) is 4.90 Å². The summed E-state index contributed by atoms with van der Waals surface area (Å²) in [5.74, 6) is 0.521. The largest absolute Gasteiger partial charge is 0.360 e. The van der Waals surface area contributed by atoms with E-state index in [1.165, 1.54) is 35.5 Å². The van der Waals surface area contributed by atoms with Crippen molar-refractivity contribution >= 4 is 25.7 Å². The Labute approximate surface area is 159 Å². The van der Waals surface area contributed by atoms with Crippen LogP contribution in [0.5, 0.6) is 0 Å². The number of hydrogen-bond donors (Lipinski definition) is 1. The van der Waals surface area contributed by atoms with Crippen LogP contribution in [0.15, 0.2) is 38.6 Å². The third kappa shape index (κ3) is 4.02. The minimum atomic E-state index is -3.87. The van der Waals surface area contributed by atoms with Gasteiger partial charge in [0.2, 0.25) is 10.0 Å². The second-order valence-corrected chi connectivity index (χ2v) is 10.5. The van der Waals surface area contributed by atoms with E-state index in [4.69, 9.17) is 4.52 Å². The Morgan fingerprint density at radius 1 is 1.15 bits per heavy atom. The lowest BCUT2D eigenvalue weighted by molar-refractivity contribution is 0.281. The lowest BCUT2D eigenvalue weighted by Gasteiger charge is -2.30. The quantitative estimate of drug-likeness (QED) is 0.806. The van der Waals surface area contributed by atoms with Crippen LogP contribution in [0.25, 0.3) is 0 Å². The predicted octanol–water partition coefficient (Wildman–Crippen LogP) is 2.51. The van der Waals surface area contributed by atoms with Gasteiger partial charge in [-0.3, -0.25) is 4.72 Å². The maximum absolute atomic E-state index is 12.8. The first-order valence-corrected chi connectivity index (χ1v) is 11.6. The van der Waals surface area contributed by atoms with Gasteiger partial charge in [-0.25, -0.2) is 16.8 Å². The van der Waals surface area contributed by atoms with Crippen LogP contribution in [0.4, 0.5) is 5.69 Å². The first-order chi connectivity index (χ1) is 12.6. The van der Waals surface area contributed by atoms with Gasteiger partial charge in [-0.2, -0.15) is 4.31 Å². The zero-order chi connectivity index (χ0) is 19.8. The summed E-state index contributed by atoms with van der Waals surface area (Å²) >= 11 is 0. The molecule has 1 aliphatic rings. The summed E-state index contributed by atoms with van der Waals surface area (Å²) in [6, 6.07) is 5.71. The second-order valence-electron chi connectivity index (χ2n) is 6.89. The number of piperidine rings is 1. The van der Waals surface area contributed by atoms with Gasteiger partial charge in [0, 0.05) is 18.8 Å². The molecule has 2 heterocycles. The van der Waals surface area contributed by atoms with Crippen molar-refractivity contribution in [2.75, 3.05) is 17.8 Å². The van der Waals surface area contributed by atoms with Crippen LogP contribution >= 0.6 is 0 Å². The van der Waals surface area contributed by atoms with Crippen LogP contribution in [0.3, 0.4) is 0 Å². The van der Waals surface area contributed by atoms with E-state index in [0.29, 0.717) is 19.0 Å². The van der Waals surface area contributed by atoms with Gasteiger partial charge in [-0.15, -0.1) is 0 Å². The van der Waals surface area contributed by atoms with Crippen molar-refractivity contribution in [2.24, 2.45) is 5.92 Å². The molecule has 1 saturated heterocycles. The van der Waals surface area contributed by atoms with E-state index in [0.717, 1.165) is 12.8 Å². The Morgan fingerprint density at radius 2 is 1.81 bits per heavy atom. The van der Waals surface area contributed by atoms with Crippen molar-refractivity contribution in [3.63, 3.8) is 0 Å². The van der Waals surface area contributed by atoms with Crippen molar-refractivity contribution in [3.05, 3.63) is 35.7 Å². The number of anilines is 1. The van der Waals surface area contributed by atoms with Gasteiger partial charge < -0.3 is 4.52 Å². The highest BCUT2D eigenvalue weighted by Crippen LogP contribution is 2.26. The molecule has 2 aromatic rings. The monoisotopic (exact) mass is 413 g/mol. The topological polar surface area (TPSA) is 110 Å². The summed E-state index contributed by atoms with van der Waals surface area (Å²) in [7, 11) is -7.45. The molecule has 0 amide bonds. The summed E-state index contributed by atoms with van der Waals surface area (Å²) in [5, 5.41) is 3.65. The first kappa shape index (κ1) is 19.8. The zero-order valence-electron chi connectivity index (χ0n) is 15.5. The zero-order valence-corrected chi connectivity index (χ0v) is 17.1. The number of aromatic nitrogens is 1. The number of rotatable bonds is 5. The number of benzene rings is 1. The van der Waals surface area contributed by atoms with Crippen LogP contribution in [0.2, 0.25) is 0 Å². The number of nitrogens with one attached hydrogen (secondary N) is 1. The maximum Gasteiger partial charge on any atom is 0.267 e. The molecule has 8 nitrogen and oxygen atoms in total. The lowest BCUT2D eigenvalue weighted by atomic mass is 10.0. The van der Waals surface area contributed by atoms with Gasteiger partial charge in [0.15, 0.2) is 10.7 Å². The SMILES string of the molecule is Cc1noc(C)c1S(=O)(=O)Nc1ccc(S(=O)(=O)N2CCC[C@@H](C)C2)cc1. The molecular weight excluding hydrogens is 390 g/mol. The van der Waals surface area contributed by atoms with Crippen molar-refractivity contribution in [1.29, 1.82) is 0 Å². The Bertz CT molecular complexity index is 1010. The smallest absolute Gasteiger partial charge is 0.267 e. The van der Waals surface area contributed by atoms with Crippen molar-refractivity contribution in [3.8, 4) is 0 Å². The van der Waals surface area contributed by atoms with Gasteiger partial charge in [-0.1, -0.05) is 12.1 Å². The molecule has 148 valence electrons. The highest BCUT2D eigenvalue weighted by molar-refractivity contribution is 7.92. The minimum absolute atomic E-state index is 0.0125. The average Bonchev–Trinajstić information content (AvgIpc) is 2.94. The third-order valence-electron chi connectivity index (χ3n) is 4.60. The summed E-state index contributed by atoms with van der Waals surface area (Å²) < 4.78 is 59.4. The standard InChI is InChI=1S/C17H23N3O5S2/c1-12-5-4-10-20(11-12)27(23,24)16-8-6-15(7-9-16)19-26(21,22)17-13(2)18-25-14(17)3/h6-9,12,19H,4-5,10-11H2,1-3H3/t12-/m1/s1. The molecular formula is C17H23N3O5S2. The Kier molecular flexibility index (Phi) is 5.33. The highest BCUT2D eigenvalue weighted by Gasteiger charge is 2.29. The third-order valence-corrected chi connectivity index (χ3v) is 8.10. The molecule has 10 heteroatoms. The fourth-order valence-electron chi connectivity index (χ4n) is 3.27. The minimum Gasteiger partial charge on any atom is -0.360 e. The van der Waals surface area contributed by atoms with Gasteiger partial charge in [0.1, 0.15) is 5.69 Å². The van der Waals surface area contributed by atoms with Gasteiger partial charge in [-0.05, 0) is 56.9 Å². The molecule has 1 fully saturated rings. The van der Waals surface area contributed by atoms with Crippen molar-refractivity contribution in [2.45, 2.75) is 43.4 Å². The van der Waals surface area contributed by atoms with E-state index in [1.54, 1.807) is 6.92 Å². The van der Waals surface area contributed by atoms with Gasteiger partial charge in [0.25, 0.3) is 10.0 Å². The van der Waals surface area contributed by atoms with Crippen molar-refractivity contribution in [1.82, 2.24) is 9.46 Å². The number of aryl methyl sites for hydroxylation is 2. The van der Waals surface area contributed by atoms with E-state index in [1.807, 2.05) is 6.92 Å². The Balaban J connectivity index is 1.81. The van der Waals surface area contributed by atoms with Crippen LogP contribution in [-0.4, -0.2) is 39.4 Å². The molecule has 1 N–H and O–H groups in total. The molecule has 1 aliphatic heterocycles. The Hall–Kier alpha value is -1.91. The van der Waals surface area contributed by atoms with Crippen LogP contribution in [0.1, 0.15) is 31.2 Å². The Morgan fingerprint density at radius 3 is 2.37 bits per heavy atom. The molecule has 0 aliphatic carbocycles. The van der Waals surface area contributed by atoms with E-state index in [9.17, 15) is 16.8 Å². The summed E-state index contributed by atoms with van der Waals surface area (Å²) in [6.45, 7) is 6.11. The molecule has 0 bridgehead atoms. The normalized spacial score (nSPS) is 19.1. The fourth-order valence-corrected chi connectivity index (χ4v) is 6.26. The molecule has 3 rings (SSSR count). The average molecular weight is 414 g/mol. The molecule has 0 radical (unpaired) electrons. The molecule has 1 atom stereocenters.